The minimum atomic E-state index is -4.84. The molecule has 0 spiro atoms. The van der Waals surface area contributed by atoms with Crippen molar-refractivity contribution < 1.29 is 30.6 Å². The van der Waals surface area contributed by atoms with Crippen molar-refractivity contribution in [3.63, 3.8) is 0 Å². The zero-order valence-corrected chi connectivity index (χ0v) is 16.1. The highest BCUT2D eigenvalue weighted by atomic mass is 32.2. The highest BCUT2D eigenvalue weighted by molar-refractivity contribution is 7.87. The van der Waals surface area contributed by atoms with Crippen LogP contribution in [0.4, 0.5) is 29.1 Å². The fourth-order valence-corrected chi connectivity index (χ4v) is 3.29. The summed E-state index contributed by atoms with van der Waals surface area (Å²) in [5.41, 5.74) is -2.05. The van der Waals surface area contributed by atoms with Gasteiger partial charge >= 0.3 is 6.18 Å². The monoisotopic (exact) mass is 450 g/mol. The number of hydrogen-bond donors (Lipinski definition) is 4. The molecule has 3 rings (SSSR count). The van der Waals surface area contributed by atoms with Crippen LogP contribution in [0.3, 0.4) is 0 Å². The average molecular weight is 450 g/mol. The van der Waals surface area contributed by atoms with Crippen LogP contribution < -0.4 is 20.5 Å². The van der Waals surface area contributed by atoms with E-state index in [0.29, 0.717) is 24.6 Å². The smallest absolute Gasteiger partial charge is 0.370 e. The molecule has 1 aromatic heterocycles. The standard InChI is InChI=1S/C16H18F4N6O3S/c17-12-4-3-10(9-11(12)16(18,19)20)24-15(5-1-6-15)13-14(26-29-25-13)22-7-2-8-23-30(21,27)28/h1,3-5,9,23-24H,2,6-8H2,(H,22,26)(H2,21,27,28). The Labute approximate surface area is 168 Å². The van der Waals surface area contributed by atoms with Gasteiger partial charge in [-0.1, -0.05) is 12.2 Å². The fourth-order valence-electron chi connectivity index (χ4n) is 2.87. The van der Waals surface area contributed by atoms with Crippen LogP contribution in [-0.2, 0) is 21.9 Å². The Kier molecular flexibility index (Phi) is 6.01. The summed E-state index contributed by atoms with van der Waals surface area (Å²) in [6, 6.07) is 2.61. The molecule has 1 atom stereocenters. The van der Waals surface area contributed by atoms with E-state index in [1.165, 1.54) is 6.07 Å². The van der Waals surface area contributed by atoms with Crippen molar-refractivity contribution in [3.05, 3.63) is 47.4 Å². The second-order valence-electron chi connectivity index (χ2n) is 6.58. The van der Waals surface area contributed by atoms with Crippen molar-refractivity contribution in [3.8, 4) is 0 Å². The summed E-state index contributed by atoms with van der Waals surface area (Å²) in [7, 11) is -3.79. The molecule has 0 saturated carbocycles. The molecule has 0 saturated heterocycles. The van der Waals surface area contributed by atoms with E-state index < -0.39 is 33.3 Å². The van der Waals surface area contributed by atoms with Gasteiger partial charge in [0.05, 0.1) is 5.56 Å². The molecule has 0 radical (unpaired) electrons. The van der Waals surface area contributed by atoms with Crippen LogP contribution in [0, 0.1) is 5.82 Å². The summed E-state index contributed by atoms with van der Waals surface area (Å²) in [5, 5.41) is 18.3. The third-order valence-corrected chi connectivity index (χ3v) is 4.95. The van der Waals surface area contributed by atoms with Crippen molar-refractivity contribution in [2.75, 3.05) is 23.7 Å². The Hall–Kier alpha value is -2.71. The molecule has 164 valence electrons. The lowest BCUT2D eigenvalue weighted by Crippen LogP contribution is -2.38. The van der Waals surface area contributed by atoms with Crippen LogP contribution in [0.1, 0.15) is 24.1 Å². The molecule has 2 aromatic rings. The molecule has 0 bridgehead atoms. The minimum Gasteiger partial charge on any atom is -0.370 e. The number of nitrogens with one attached hydrogen (secondary N) is 3. The number of rotatable bonds is 9. The van der Waals surface area contributed by atoms with Crippen molar-refractivity contribution in [1.82, 2.24) is 15.0 Å². The maximum Gasteiger partial charge on any atom is 0.419 e. The van der Waals surface area contributed by atoms with E-state index in [1.807, 2.05) is 0 Å². The molecule has 30 heavy (non-hydrogen) atoms. The summed E-state index contributed by atoms with van der Waals surface area (Å²) in [6.45, 7) is 0.379. The Morgan fingerprint density at radius 2 is 1.97 bits per heavy atom. The number of anilines is 2. The molecule has 1 aliphatic carbocycles. The van der Waals surface area contributed by atoms with E-state index in [0.717, 1.165) is 6.07 Å². The summed E-state index contributed by atoms with van der Waals surface area (Å²) in [4.78, 5) is 0. The Morgan fingerprint density at radius 3 is 2.57 bits per heavy atom. The van der Waals surface area contributed by atoms with E-state index in [-0.39, 0.29) is 24.6 Å². The van der Waals surface area contributed by atoms with Gasteiger partial charge in [0.2, 0.25) is 0 Å². The van der Waals surface area contributed by atoms with Gasteiger partial charge in [-0.25, -0.2) is 18.9 Å². The molecule has 1 aromatic carbocycles. The van der Waals surface area contributed by atoms with Crippen LogP contribution in [-0.4, -0.2) is 31.8 Å². The number of halogens is 4. The van der Waals surface area contributed by atoms with Crippen LogP contribution in [0.25, 0.3) is 0 Å². The van der Waals surface area contributed by atoms with E-state index in [1.54, 1.807) is 12.2 Å². The normalized spacial score (nSPS) is 18.8. The minimum absolute atomic E-state index is 0.0411. The zero-order chi connectivity index (χ0) is 22.0. The lowest BCUT2D eigenvalue weighted by molar-refractivity contribution is -0.139. The van der Waals surface area contributed by atoms with Crippen LogP contribution in [0.5, 0.6) is 0 Å². The lowest BCUT2D eigenvalue weighted by Gasteiger charge is -2.36. The number of benzene rings is 1. The van der Waals surface area contributed by atoms with Crippen molar-refractivity contribution in [2.45, 2.75) is 24.6 Å². The van der Waals surface area contributed by atoms with Gasteiger partial charge in [-0.3, -0.25) is 0 Å². The van der Waals surface area contributed by atoms with Crippen LogP contribution >= 0.6 is 0 Å². The Balaban J connectivity index is 1.73. The lowest BCUT2D eigenvalue weighted by atomic mass is 9.81. The average Bonchev–Trinajstić information content (AvgIpc) is 3.06. The number of alkyl halides is 3. The molecule has 14 heteroatoms. The van der Waals surface area contributed by atoms with Gasteiger partial charge in [0, 0.05) is 18.8 Å². The third-order valence-electron chi connectivity index (χ3n) is 4.34. The van der Waals surface area contributed by atoms with Crippen molar-refractivity contribution in [2.24, 2.45) is 5.14 Å². The maximum absolute atomic E-state index is 13.5. The molecule has 0 amide bonds. The van der Waals surface area contributed by atoms with Gasteiger partial charge in [0.1, 0.15) is 11.4 Å². The first-order valence-electron chi connectivity index (χ1n) is 8.67. The predicted molar refractivity (Wildman–Crippen MR) is 99.0 cm³/mol. The third kappa shape index (κ3) is 5.06. The van der Waals surface area contributed by atoms with Gasteiger partial charge in [0.15, 0.2) is 11.5 Å². The number of nitrogens with two attached hydrogens (primary N) is 1. The first-order valence-corrected chi connectivity index (χ1v) is 10.2. The fraction of sp³-hybridized carbons (Fsp3) is 0.375. The first kappa shape index (κ1) is 22.0. The second kappa shape index (κ2) is 8.20. The predicted octanol–water partition coefficient (Wildman–Crippen LogP) is 2.09. The molecule has 0 fully saturated rings. The zero-order valence-electron chi connectivity index (χ0n) is 15.3. The SMILES string of the molecule is NS(=O)(=O)NCCCNc1nonc1C1(Nc2ccc(F)c(C(F)(F)F)c2)C=CC1. The van der Waals surface area contributed by atoms with Crippen LogP contribution in [0.15, 0.2) is 35.0 Å². The van der Waals surface area contributed by atoms with Gasteiger partial charge in [-0.2, -0.15) is 21.6 Å². The number of nitrogens with zero attached hydrogens (tertiary/aromatic N) is 2. The van der Waals surface area contributed by atoms with Crippen molar-refractivity contribution >= 4 is 21.7 Å². The molecule has 0 aliphatic heterocycles. The molecular formula is C16H18F4N6O3S. The molecule has 9 nitrogen and oxygen atoms in total. The maximum atomic E-state index is 13.5. The summed E-state index contributed by atoms with van der Waals surface area (Å²) < 4.78 is 81.1. The van der Waals surface area contributed by atoms with Gasteiger partial charge in [-0.15, -0.1) is 0 Å². The van der Waals surface area contributed by atoms with Gasteiger partial charge in [-0.05, 0) is 41.4 Å². The largest absolute Gasteiger partial charge is 0.419 e. The highest BCUT2D eigenvalue weighted by Gasteiger charge is 2.41. The molecule has 1 aliphatic rings. The number of aromatic nitrogens is 2. The van der Waals surface area contributed by atoms with Gasteiger partial charge < -0.3 is 10.6 Å². The topological polar surface area (TPSA) is 135 Å². The van der Waals surface area contributed by atoms with E-state index in [2.05, 4.69) is 25.7 Å². The van der Waals surface area contributed by atoms with Gasteiger partial charge in [0.25, 0.3) is 10.2 Å². The quantitative estimate of drug-likeness (QED) is 0.261. The van der Waals surface area contributed by atoms with Crippen molar-refractivity contribution in [1.29, 1.82) is 0 Å². The summed E-state index contributed by atoms with van der Waals surface area (Å²) >= 11 is 0. The molecular weight excluding hydrogens is 432 g/mol. The summed E-state index contributed by atoms with van der Waals surface area (Å²) in [5.74, 6) is -1.13. The highest BCUT2D eigenvalue weighted by Crippen LogP contribution is 2.41. The molecule has 1 heterocycles. The molecule has 5 N–H and O–H groups in total. The van der Waals surface area contributed by atoms with E-state index in [4.69, 9.17) is 9.77 Å². The molecule has 1 unspecified atom stereocenters. The Bertz CT molecular complexity index is 1040. The Morgan fingerprint density at radius 1 is 1.23 bits per heavy atom. The second-order valence-corrected chi connectivity index (χ2v) is 7.96. The van der Waals surface area contributed by atoms with E-state index >= 15 is 0 Å². The first-order chi connectivity index (χ1) is 14.0. The summed E-state index contributed by atoms with van der Waals surface area (Å²) in [6.07, 6.45) is -0.641. The number of hydrogen-bond acceptors (Lipinski definition) is 7. The van der Waals surface area contributed by atoms with Crippen LogP contribution in [0.2, 0.25) is 0 Å². The van der Waals surface area contributed by atoms with E-state index in [9.17, 15) is 26.0 Å².